The van der Waals surface area contributed by atoms with Gasteiger partial charge in [0.2, 0.25) is 0 Å². The maximum absolute atomic E-state index is 5.92. The van der Waals surface area contributed by atoms with Crippen molar-refractivity contribution in [2.75, 3.05) is 30.8 Å². The quantitative estimate of drug-likeness (QED) is 0.753. The van der Waals surface area contributed by atoms with Crippen LogP contribution < -0.4 is 5.73 Å². The van der Waals surface area contributed by atoms with Crippen molar-refractivity contribution in [1.29, 1.82) is 0 Å². The first-order valence-corrected chi connectivity index (χ1v) is 6.72. The Hall–Kier alpha value is -0.670. The molecule has 0 aromatic heterocycles. The summed E-state index contributed by atoms with van der Waals surface area (Å²) in [5, 5.41) is 0. The van der Waals surface area contributed by atoms with Crippen molar-refractivity contribution in [2.45, 2.75) is 13.5 Å². The normalized spacial score (nSPS) is 10.9. The molecule has 0 aliphatic carbocycles. The monoisotopic (exact) mass is 224 g/mol. The maximum atomic E-state index is 5.92. The average molecular weight is 224 g/mol. The predicted octanol–water partition coefficient (Wildman–Crippen LogP) is 2.45. The molecule has 0 fully saturated rings. The van der Waals surface area contributed by atoms with Crippen molar-refractivity contribution < 1.29 is 0 Å². The summed E-state index contributed by atoms with van der Waals surface area (Å²) in [4.78, 5) is 2.42. The summed E-state index contributed by atoms with van der Waals surface area (Å²) in [5.41, 5.74) is 8.06. The molecule has 0 saturated heterocycles. The highest BCUT2D eigenvalue weighted by molar-refractivity contribution is 7.98. The second-order valence-electron chi connectivity index (χ2n) is 3.56. The highest BCUT2D eigenvalue weighted by atomic mass is 32.2. The van der Waals surface area contributed by atoms with E-state index in [0.29, 0.717) is 0 Å². The van der Waals surface area contributed by atoms with Crippen molar-refractivity contribution in [3.8, 4) is 0 Å². The first kappa shape index (κ1) is 12.4. The van der Waals surface area contributed by atoms with E-state index in [1.807, 2.05) is 30.0 Å². The largest absolute Gasteiger partial charge is 0.398 e. The van der Waals surface area contributed by atoms with Gasteiger partial charge in [0, 0.05) is 24.5 Å². The number of hydrogen-bond donors (Lipinski definition) is 1. The molecule has 0 heterocycles. The maximum Gasteiger partial charge on any atom is 0.0359 e. The van der Waals surface area contributed by atoms with Gasteiger partial charge >= 0.3 is 0 Å². The summed E-state index contributed by atoms with van der Waals surface area (Å²) in [7, 11) is 0. The van der Waals surface area contributed by atoms with E-state index in [9.17, 15) is 0 Å². The molecule has 0 amide bonds. The van der Waals surface area contributed by atoms with Crippen LogP contribution in [0.25, 0.3) is 0 Å². The van der Waals surface area contributed by atoms with Gasteiger partial charge in [-0.05, 0) is 24.4 Å². The molecule has 3 heteroatoms. The molecule has 15 heavy (non-hydrogen) atoms. The Morgan fingerprint density at radius 2 is 2.07 bits per heavy atom. The number of thioether (sulfide) groups is 1. The number of rotatable bonds is 6. The molecule has 2 nitrogen and oxygen atoms in total. The van der Waals surface area contributed by atoms with Gasteiger partial charge in [0.15, 0.2) is 0 Å². The molecular weight excluding hydrogens is 204 g/mol. The Labute approximate surface area is 96.8 Å². The molecule has 1 rings (SSSR count). The van der Waals surface area contributed by atoms with Gasteiger partial charge in [0.1, 0.15) is 0 Å². The third kappa shape index (κ3) is 4.14. The zero-order chi connectivity index (χ0) is 11.1. The van der Waals surface area contributed by atoms with E-state index < -0.39 is 0 Å². The summed E-state index contributed by atoms with van der Waals surface area (Å²) in [6.07, 6.45) is 2.14. The third-order valence-corrected chi connectivity index (χ3v) is 3.10. The Kier molecular flexibility index (Phi) is 5.58. The summed E-state index contributed by atoms with van der Waals surface area (Å²) in [6, 6.07) is 8.11. The summed E-state index contributed by atoms with van der Waals surface area (Å²) in [5.74, 6) is 1.18. The number of nitrogen functional groups attached to an aromatic ring is 1. The van der Waals surface area contributed by atoms with Crippen LogP contribution in [-0.2, 0) is 6.54 Å². The fraction of sp³-hybridized carbons (Fsp3) is 0.500. The summed E-state index contributed by atoms with van der Waals surface area (Å²) in [6.45, 7) is 5.37. The minimum Gasteiger partial charge on any atom is -0.398 e. The summed E-state index contributed by atoms with van der Waals surface area (Å²) < 4.78 is 0. The highest BCUT2D eigenvalue weighted by Gasteiger charge is 2.04. The number of nitrogens with two attached hydrogens (primary N) is 1. The number of benzene rings is 1. The lowest BCUT2D eigenvalue weighted by Crippen LogP contribution is -2.25. The number of anilines is 1. The van der Waals surface area contributed by atoms with E-state index in [4.69, 9.17) is 5.73 Å². The van der Waals surface area contributed by atoms with Crippen molar-refractivity contribution in [2.24, 2.45) is 0 Å². The Morgan fingerprint density at radius 1 is 1.33 bits per heavy atom. The fourth-order valence-electron chi connectivity index (χ4n) is 1.49. The minimum atomic E-state index is 0.903. The first-order chi connectivity index (χ1) is 7.27. The van der Waals surface area contributed by atoms with Crippen molar-refractivity contribution in [3.63, 3.8) is 0 Å². The Bertz CT molecular complexity index is 289. The van der Waals surface area contributed by atoms with Gasteiger partial charge in [0.25, 0.3) is 0 Å². The van der Waals surface area contributed by atoms with Gasteiger partial charge in [-0.3, -0.25) is 4.90 Å². The molecular formula is C12H20N2S. The number of para-hydroxylation sites is 1. The van der Waals surface area contributed by atoms with Gasteiger partial charge < -0.3 is 5.73 Å². The molecule has 0 radical (unpaired) electrons. The molecule has 1 aromatic rings. The second-order valence-corrected chi connectivity index (χ2v) is 4.55. The highest BCUT2D eigenvalue weighted by Crippen LogP contribution is 2.13. The molecule has 1 aromatic carbocycles. The molecule has 0 bridgehead atoms. The molecule has 84 valence electrons. The molecule has 0 atom stereocenters. The molecule has 0 aliphatic heterocycles. The minimum absolute atomic E-state index is 0.903. The van der Waals surface area contributed by atoms with E-state index in [1.54, 1.807) is 0 Å². The third-order valence-electron chi connectivity index (χ3n) is 2.51. The molecule has 2 N–H and O–H groups in total. The topological polar surface area (TPSA) is 29.3 Å². The van der Waals surface area contributed by atoms with E-state index in [2.05, 4.69) is 24.1 Å². The van der Waals surface area contributed by atoms with Gasteiger partial charge in [-0.15, -0.1) is 0 Å². The van der Waals surface area contributed by atoms with E-state index in [1.165, 1.54) is 11.3 Å². The number of hydrogen-bond acceptors (Lipinski definition) is 3. The molecule has 0 unspecified atom stereocenters. The molecule has 0 saturated carbocycles. The number of nitrogens with zero attached hydrogens (tertiary/aromatic N) is 1. The molecule has 0 spiro atoms. The van der Waals surface area contributed by atoms with Gasteiger partial charge in [-0.25, -0.2) is 0 Å². The smallest absolute Gasteiger partial charge is 0.0359 e. The molecule has 0 aliphatic rings. The Balaban J connectivity index is 2.54. The lowest BCUT2D eigenvalue weighted by Gasteiger charge is -2.20. The van der Waals surface area contributed by atoms with Crippen LogP contribution in [0, 0.1) is 0 Å². The standard InChI is InChI=1S/C12H20N2S/c1-3-14(8-9-15-2)10-11-6-4-5-7-12(11)13/h4-7H,3,8-10,13H2,1-2H3. The second kappa shape index (κ2) is 6.75. The Morgan fingerprint density at radius 3 is 2.67 bits per heavy atom. The zero-order valence-corrected chi connectivity index (χ0v) is 10.4. The lowest BCUT2D eigenvalue weighted by atomic mass is 10.1. The van der Waals surface area contributed by atoms with E-state index in [-0.39, 0.29) is 0 Å². The van der Waals surface area contributed by atoms with Crippen molar-refractivity contribution >= 4 is 17.4 Å². The van der Waals surface area contributed by atoms with Crippen LogP contribution in [0.5, 0.6) is 0 Å². The van der Waals surface area contributed by atoms with Crippen LogP contribution in [0.3, 0.4) is 0 Å². The van der Waals surface area contributed by atoms with Crippen LogP contribution >= 0.6 is 11.8 Å². The van der Waals surface area contributed by atoms with Gasteiger partial charge in [0.05, 0.1) is 0 Å². The first-order valence-electron chi connectivity index (χ1n) is 5.32. The SMILES string of the molecule is CCN(CCSC)Cc1ccccc1N. The van der Waals surface area contributed by atoms with E-state index >= 15 is 0 Å². The van der Waals surface area contributed by atoms with Crippen LogP contribution in [0.2, 0.25) is 0 Å². The zero-order valence-electron chi connectivity index (χ0n) is 9.57. The van der Waals surface area contributed by atoms with Gasteiger partial charge in [-0.1, -0.05) is 25.1 Å². The predicted molar refractivity (Wildman–Crippen MR) is 70.2 cm³/mol. The van der Waals surface area contributed by atoms with Crippen molar-refractivity contribution in [1.82, 2.24) is 4.90 Å². The van der Waals surface area contributed by atoms with Crippen LogP contribution in [-0.4, -0.2) is 30.0 Å². The van der Waals surface area contributed by atoms with Crippen LogP contribution in [0.15, 0.2) is 24.3 Å². The van der Waals surface area contributed by atoms with Gasteiger partial charge in [-0.2, -0.15) is 11.8 Å². The van der Waals surface area contributed by atoms with Crippen molar-refractivity contribution in [3.05, 3.63) is 29.8 Å². The van der Waals surface area contributed by atoms with Crippen LogP contribution in [0.4, 0.5) is 5.69 Å². The van der Waals surface area contributed by atoms with E-state index in [0.717, 1.165) is 25.3 Å². The lowest BCUT2D eigenvalue weighted by molar-refractivity contribution is 0.299. The average Bonchev–Trinajstić information content (AvgIpc) is 2.26. The summed E-state index contributed by atoms with van der Waals surface area (Å²) >= 11 is 1.89. The van der Waals surface area contributed by atoms with Crippen LogP contribution in [0.1, 0.15) is 12.5 Å². The fourth-order valence-corrected chi connectivity index (χ4v) is 1.93.